The molecule has 2 atom stereocenters. The molecule has 3 heterocycles. The van der Waals surface area contributed by atoms with Gasteiger partial charge in [-0.1, -0.05) is 0 Å². The van der Waals surface area contributed by atoms with E-state index in [0.717, 1.165) is 4.68 Å². The van der Waals surface area contributed by atoms with E-state index in [1.54, 1.807) is 12.1 Å². The molecule has 2 aromatic heterocycles. The van der Waals surface area contributed by atoms with Crippen LogP contribution in [0.2, 0.25) is 0 Å². The number of nitrogens with two attached hydrogens (primary N) is 1. The van der Waals surface area contributed by atoms with Crippen LogP contribution in [-0.2, 0) is 0 Å². The highest BCUT2D eigenvalue weighted by Gasteiger charge is 2.47. The second-order valence-corrected chi connectivity index (χ2v) is 4.73. The lowest BCUT2D eigenvalue weighted by atomic mass is 10.0. The van der Waals surface area contributed by atoms with Crippen molar-refractivity contribution in [2.24, 2.45) is 5.73 Å². The molecule has 1 aliphatic heterocycles. The molecule has 9 heteroatoms. The molecule has 2 aromatic rings. The summed E-state index contributed by atoms with van der Waals surface area (Å²) in [6, 6.07) is 1.89. The largest absolute Gasteiger partial charge is 0.467 e. The van der Waals surface area contributed by atoms with Gasteiger partial charge in [-0.05, 0) is 12.1 Å². The number of rotatable bonds is 2. The van der Waals surface area contributed by atoms with Crippen LogP contribution >= 0.6 is 0 Å². The number of carbonyl (C=O) groups excluding carboxylic acids is 1. The summed E-state index contributed by atoms with van der Waals surface area (Å²) < 4.78 is 45.5. The van der Waals surface area contributed by atoms with Gasteiger partial charge in [0.1, 0.15) is 11.6 Å². The maximum absolute atomic E-state index is 13.2. The first-order chi connectivity index (χ1) is 9.86. The second kappa shape index (κ2) is 4.54. The van der Waals surface area contributed by atoms with Gasteiger partial charge in [0.25, 0.3) is 5.91 Å². The molecule has 0 bridgehead atoms. The van der Waals surface area contributed by atoms with Crippen molar-refractivity contribution in [2.75, 3.05) is 5.32 Å². The van der Waals surface area contributed by atoms with Crippen molar-refractivity contribution in [3.05, 3.63) is 35.9 Å². The smallest absolute Gasteiger partial charge is 0.410 e. The number of primary amides is 1. The predicted octanol–water partition coefficient (Wildman–Crippen LogP) is 2.24. The number of nitrogens with zero attached hydrogens (tertiary/aromatic N) is 2. The first kappa shape index (κ1) is 13.5. The third-order valence-electron chi connectivity index (χ3n) is 3.33. The van der Waals surface area contributed by atoms with Crippen LogP contribution in [0.5, 0.6) is 0 Å². The van der Waals surface area contributed by atoms with E-state index in [9.17, 15) is 18.0 Å². The Kier molecular flexibility index (Phi) is 2.92. The van der Waals surface area contributed by atoms with Crippen LogP contribution in [0.3, 0.4) is 0 Å². The van der Waals surface area contributed by atoms with Gasteiger partial charge in [0, 0.05) is 12.5 Å². The summed E-state index contributed by atoms with van der Waals surface area (Å²) in [7, 11) is 0. The maximum Gasteiger partial charge on any atom is 0.410 e. The summed E-state index contributed by atoms with van der Waals surface area (Å²) in [6.45, 7) is 0. The normalized spacial score (nSPS) is 21.7. The van der Waals surface area contributed by atoms with Crippen molar-refractivity contribution in [1.82, 2.24) is 9.78 Å². The van der Waals surface area contributed by atoms with Crippen LogP contribution in [0.1, 0.15) is 34.8 Å². The van der Waals surface area contributed by atoms with Crippen molar-refractivity contribution >= 4 is 11.7 Å². The van der Waals surface area contributed by atoms with Crippen LogP contribution in [-0.4, -0.2) is 21.9 Å². The molecule has 112 valence electrons. The number of alkyl halides is 3. The average molecular weight is 300 g/mol. The molecule has 1 amide bonds. The maximum atomic E-state index is 13.2. The first-order valence-corrected chi connectivity index (χ1v) is 6.12. The Bertz CT molecular complexity index is 663. The zero-order valence-electron chi connectivity index (χ0n) is 10.6. The van der Waals surface area contributed by atoms with E-state index < -0.39 is 24.2 Å². The molecule has 0 aliphatic carbocycles. The van der Waals surface area contributed by atoms with Crippen LogP contribution in [0.15, 0.2) is 28.9 Å². The molecular weight excluding hydrogens is 289 g/mol. The van der Waals surface area contributed by atoms with E-state index in [2.05, 4.69) is 10.4 Å². The van der Waals surface area contributed by atoms with Gasteiger partial charge in [0.15, 0.2) is 11.7 Å². The topological polar surface area (TPSA) is 86.1 Å². The lowest BCUT2D eigenvalue weighted by molar-refractivity contribution is -0.174. The minimum atomic E-state index is -4.50. The molecule has 0 radical (unpaired) electrons. The molecule has 3 rings (SSSR count). The van der Waals surface area contributed by atoms with Gasteiger partial charge in [-0.2, -0.15) is 18.3 Å². The highest BCUT2D eigenvalue weighted by atomic mass is 19.4. The van der Waals surface area contributed by atoms with E-state index in [1.807, 2.05) is 0 Å². The van der Waals surface area contributed by atoms with Gasteiger partial charge in [-0.25, -0.2) is 4.68 Å². The van der Waals surface area contributed by atoms with Gasteiger partial charge in [-0.3, -0.25) is 4.79 Å². The zero-order valence-corrected chi connectivity index (χ0v) is 10.6. The fraction of sp³-hybridized carbons (Fsp3) is 0.333. The molecule has 0 aromatic carbocycles. The van der Waals surface area contributed by atoms with Gasteiger partial charge >= 0.3 is 6.18 Å². The van der Waals surface area contributed by atoms with Gasteiger partial charge in [0.05, 0.1) is 12.3 Å². The molecule has 6 nitrogen and oxygen atoms in total. The standard InChI is InChI=1S/C12H11F3N4O2/c13-12(14,15)9-4-6(8-2-1-3-21-8)17-10-5-7(11(16)20)18-19(9)10/h1-3,5-6,9,17H,4H2,(H2,16,20)/t6-,9-/m0/s1. The highest BCUT2D eigenvalue weighted by molar-refractivity contribution is 5.91. The van der Waals surface area contributed by atoms with E-state index >= 15 is 0 Å². The molecule has 1 aliphatic rings. The number of fused-ring (bicyclic) bond motifs is 1. The molecule has 0 spiro atoms. The van der Waals surface area contributed by atoms with Crippen LogP contribution in [0.4, 0.5) is 19.0 Å². The Morgan fingerprint density at radius 3 is 2.86 bits per heavy atom. The highest BCUT2D eigenvalue weighted by Crippen LogP contribution is 2.43. The summed E-state index contributed by atoms with van der Waals surface area (Å²) in [5, 5.41) is 6.52. The minimum Gasteiger partial charge on any atom is -0.467 e. The number of halogens is 3. The van der Waals surface area contributed by atoms with E-state index in [4.69, 9.17) is 10.2 Å². The number of carbonyl (C=O) groups is 1. The third-order valence-corrected chi connectivity index (χ3v) is 3.33. The van der Waals surface area contributed by atoms with Gasteiger partial charge < -0.3 is 15.5 Å². The summed E-state index contributed by atoms with van der Waals surface area (Å²) in [4.78, 5) is 11.1. The summed E-state index contributed by atoms with van der Waals surface area (Å²) in [5.41, 5.74) is 4.85. The van der Waals surface area contributed by atoms with Crippen LogP contribution < -0.4 is 11.1 Å². The van der Waals surface area contributed by atoms with Crippen molar-refractivity contribution in [1.29, 1.82) is 0 Å². The Morgan fingerprint density at radius 1 is 1.52 bits per heavy atom. The molecule has 21 heavy (non-hydrogen) atoms. The number of hydrogen-bond acceptors (Lipinski definition) is 4. The average Bonchev–Trinajstić information content (AvgIpc) is 3.05. The Morgan fingerprint density at radius 2 is 2.29 bits per heavy atom. The van der Waals surface area contributed by atoms with E-state index in [0.29, 0.717) is 5.76 Å². The lowest BCUT2D eigenvalue weighted by Crippen LogP contribution is -2.35. The van der Waals surface area contributed by atoms with Crippen molar-refractivity contribution in [3.63, 3.8) is 0 Å². The number of hydrogen-bond donors (Lipinski definition) is 2. The molecule has 0 unspecified atom stereocenters. The van der Waals surface area contributed by atoms with Gasteiger partial charge in [0.2, 0.25) is 0 Å². The SMILES string of the molecule is NC(=O)c1cc2n(n1)[C@H](C(F)(F)F)C[C@@H](c1ccco1)N2. The molecule has 3 N–H and O–H groups in total. The summed E-state index contributed by atoms with van der Waals surface area (Å²) in [5.74, 6) is -0.412. The summed E-state index contributed by atoms with van der Waals surface area (Å²) >= 11 is 0. The van der Waals surface area contributed by atoms with Gasteiger partial charge in [-0.15, -0.1) is 0 Å². The first-order valence-electron chi connectivity index (χ1n) is 6.12. The van der Waals surface area contributed by atoms with Crippen molar-refractivity contribution < 1.29 is 22.4 Å². The number of furan rings is 1. The molecular formula is C12H11F3N4O2. The Hall–Kier alpha value is -2.45. The summed E-state index contributed by atoms with van der Waals surface area (Å²) in [6.07, 6.45) is -3.40. The zero-order chi connectivity index (χ0) is 15.2. The van der Waals surface area contributed by atoms with E-state index in [1.165, 1.54) is 12.3 Å². The predicted molar refractivity (Wildman–Crippen MR) is 65.5 cm³/mol. The van der Waals surface area contributed by atoms with Crippen LogP contribution in [0, 0.1) is 0 Å². The van der Waals surface area contributed by atoms with Crippen molar-refractivity contribution in [2.45, 2.75) is 24.7 Å². The second-order valence-electron chi connectivity index (χ2n) is 4.73. The quantitative estimate of drug-likeness (QED) is 0.890. The third kappa shape index (κ3) is 2.34. The Labute approximate surface area is 116 Å². The number of aromatic nitrogens is 2. The van der Waals surface area contributed by atoms with E-state index in [-0.39, 0.29) is 17.9 Å². The molecule has 0 fully saturated rings. The number of amides is 1. The Balaban J connectivity index is 2.03. The fourth-order valence-corrected chi connectivity index (χ4v) is 2.37. The fourth-order valence-electron chi connectivity index (χ4n) is 2.37. The van der Waals surface area contributed by atoms with Crippen molar-refractivity contribution in [3.8, 4) is 0 Å². The molecule has 0 saturated heterocycles. The monoisotopic (exact) mass is 300 g/mol. The number of anilines is 1. The minimum absolute atomic E-state index is 0.0822. The molecule has 0 saturated carbocycles. The van der Waals surface area contributed by atoms with Crippen LogP contribution in [0.25, 0.3) is 0 Å². The number of nitrogens with one attached hydrogen (secondary N) is 1. The lowest BCUT2D eigenvalue weighted by Gasteiger charge is -2.32.